The summed E-state index contributed by atoms with van der Waals surface area (Å²) in [6.07, 6.45) is -3.10. The second kappa shape index (κ2) is 8.65. The van der Waals surface area contributed by atoms with Crippen molar-refractivity contribution in [3.8, 4) is 0 Å². The number of hydrogen-bond donors (Lipinski definition) is 2. The minimum Gasteiger partial charge on any atom is -0.368 e. The molecule has 2 atom stereocenters. The average Bonchev–Trinajstić information content (AvgIpc) is 3.22. The number of primary amides is 1. The van der Waals surface area contributed by atoms with Crippen molar-refractivity contribution >= 4 is 11.8 Å². The molecule has 3 rings (SSSR count). The molecule has 1 saturated heterocycles. The van der Waals surface area contributed by atoms with E-state index in [1.54, 1.807) is 30.3 Å². The fourth-order valence-electron chi connectivity index (χ4n) is 3.57. The van der Waals surface area contributed by atoms with Gasteiger partial charge in [0.1, 0.15) is 6.04 Å². The zero-order valence-corrected chi connectivity index (χ0v) is 15.7. The molecule has 29 heavy (non-hydrogen) atoms. The molecule has 0 unspecified atom stereocenters. The number of benzene rings is 2. The molecule has 2 aromatic carbocycles. The van der Waals surface area contributed by atoms with E-state index in [1.807, 2.05) is 0 Å². The van der Waals surface area contributed by atoms with Gasteiger partial charge in [-0.2, -0.15) is 13.2 Å². The van der Waals surface area contributed by atoms with E-state index in [-0.39, 0.29) is 18.0 Å². The summed E-state index contributed by atoms with van der Waals surface area (Å²) in [5, 5.41) is 3.08. The summed E-state index contributed by atoms with van der Waals surface area (Å²) in [4.78, 5) is 26.8. The molecular weight excluding hydrogens is 383 g/mol. The van der Waals surface area contributed by atoms with Crippen LogP contribution in [0.15, 0.2) is 54.6 Å². The third kappa shape index (κ3) is 4.95. The molecule has 0 radical (unpaired) electrons. The molecule has 1 fully saturated rings. The Morgan fingerprint density at radius 2 is 1.86 bits per heavy atom. The summed E-state index contributed by atoms with van der Waals surface area (Å²) in [7, 11) is 0. The second-order valence-corrected chi connectivity index (χ2v) is 7.03. The van der Waals surface area contributed by atoms with Crippen LogP contribution in [0.2, 0.25) is 0 Å². The molecule has 0 bridgehead atoms. The first-order valence-electron chi connectivity index (χ1n) is 9.31. The number of hydrogen-bond acceptors (Lipinski definition) is 3. The predicted octanol–water partition coefficient (Wildman–Crippen LogP) is 3.01. The van der Waals surface area contributed by atoms with E-state index >= 15 is 0 Å². The molecule has 5 nitrogen and oxygen atoms in total. The van der Waals surface area contributed by atoms with Gasteiger partial charge in [-0.1, -0.05) is 42.5 Å². The maximum Gasteiger partial charge on any atom is 0.416 e. The number of nitrogens with two attached hydrogens (primary N) is 1. The van der Waals surface area contributed by atoms with Crippen molar-refractivity contribution in [3.63, 3.8) is 0 Å². The van der Waals surface area contributed by atoms with Gasteiger partial charge >= 0.3 is 6.18 Å². The molecule has 0 spiro atoms. The molecule has 3 N–H and O–H groups in total. The summed E-state index contributed by atoms with van der Waals surface area (Å²) < 4.78 is 39.3. The van der Waals surface area contributed by atoms with Crippen molar-refractivity contribution in [2.24, 2.45) is 5.73 Å². The quantitative estimate of drug-likeness (QED) is 0.776. The van der Waals surface area contributed by atoms with Crippen LogP contribution in [0.3, 0.4) is 0 Å². The van der Waals surface area contributed by atoms with Crippen LogP contribution in [0.4, 0.5) is 13.2 Å². The highest BCUT2D eigenvalue weighted by atomic mass is 19.4. The summed E-state index contributed by atoms with van der Waals surface area (Å²) >= 11 is 0. The molecular formula is C21H22F3N3O2. The third-order valence-corrected chi connectivity index (χ3v) is 4.95. The van der Waals surface area contributed by atoms with Crippen LogP contribution in [0, 0.1) is 0 Å². The van der Waals surface area contributed by atoms with Crippen LogP contribution in [0.5, 0.6) is 0 Å². The van der Waals surface area contributed by atoms with Crippen molar-refractivity contribution in [1.29, 1.82) is 0 Å². The lowest BCUT2D eigenvalue weighted by molar-refractivity contribution is -0.142. The Morgan fingerprint density at radius 1 is 1.14 bits per heavy atom. The lowest BCUT2D eigenvalue weighted by Gasteiger charge is -2.32. The van der Waals surface area contributed by atoms with E-state index in [9.17, 15) is 22.8 Å². The van der Waals surface area contributed by atoms with E-state index in [2.05, 4.69) is 5.32 Å². The number of nitrogens with zero attached hydrogens (tertiary/aromatic N) is 1. The van der Waals surface area contributed by atoms with Gasteiger partial charge in [-0.3, -0.25) is 9.59 Å². The van der Waals surface area contributed by atoms with E-state index in [0.29, 0.717) is 18.5 Å². The Labute approximate surface area is 166 Å². The van der Waals surface area contributed by atoms with Gasteiger partial charge in [0.15, 0.2) is 0 Å². The Kier molecular flexibility index (Phi) is 6.22. The first-order valence-corrected chi connectivity index (χ1v) is 9.31. The zero-order chi connectivity index (χ0) is 21.0. The Balaban J connectivity index is 1.99. The summed E-state index contributed by atoms with van der Waals surface area (Å²) in [5.41, 5.74) is 5.60. The molecule has 1 heterocycles. The number of carbonyl (C=O) groups excluding carboxylic acids is 2. The van der Waals surface area contributed by atoms with Gasteiger partial charge < -0.3 is 16.0 Å². The Morgan fingerprint density at radius 3 is 2.45 bits per heavy atom. The number of halogens is 3. The SMILES string of the molecule is NC(=O)[C@@H](c1ccccc1)N(Cc1cccc(C(F)(F)F)c1)C(=O)[C@H]1CCCN1. The molecule has 1 aliphatic rings. The molecule has 0 saturated carbocycles. The minimum atomic E-state index is -4.50. The van der Waals surface area contributed by atoms with E-state index in [4.69, 9.17) is 5.73 Å². The standard InChI is InChI=1S/C21H22F3N3O2/c22-21(23,24)16-9-4-6-14(12-16)13-27(20(29)17-10-5-11-26-17)18(19(25)28)15-7-2-1-3-8-15/h1-4,6-9,12,17-18,26H,5,10-11,13H2,(H2,25,28)/t17-,18-/m1/s1. The fraction of sp³-hybridized carbons (Fsp3) is 0.333. The Hall–Kier alpha value is -2.87. The second-order valence-electron chi connectivity index (χ2n) is 7.03. The van der Waals surface area contributed by atoms with Gasteiger partial charge in [-0.05, 0) is 42.6 Å². The van der Waals surface area contributed by atoms with Gasteiger partial charge in [0.25, 0.3) is 0 Å². The van der Waals surface area contributed by atoms with Gasteiger partial charge in [0.2, 0.25) is 11.8 Å². The van der Waals surface area contributed by atoms with Crippen LogP contribution in [-0.2, 0) is 22.3 Å². The normalized spacial score (nSPS) is 17.7. The number of rotatable bonds is 6. The highest BCUT2D eigenvalue weighted by Gasteiger charge is 2.36. The minimum absolute atomic E-state index is 0.163. The number of amides is 2. The molecule has 1 aliphatic heterocycles. The Bertz CT molecular complexity index is 865. The van der Waals surface area contributed by atoms with Crippen molar-refractivity contribution in [2.45, 2.75) is 37.6 Å². The lowest BCUT2D eigenvalue weighted by Crippen LogP contribution is -2.48. The van der Waals surface area contributed by atoms with E-state index in [0.717, 1.165) is 18.6 Å². The van der Waals surface area contributed by atoms with Crippen LogP contribution >= 0.6 is 0 Å². The molecule has 8 heteroatoms. The monoisotopic (exact) mass is 405 g/mol. The predicted molar refractivity (Wildman–Crippen MR) is 101 cm³/mol. The van der Waals surface area contributed by atoms with Crippen LogP contribution < -0.4 is 11.1 Å². The zero-order valence-electron chi connectivity index (χ0n) is 15.7. The van der Waals surface area contributed by atoms with Crippen LogP contribution in [0.25, 0.3) is 0 Å². The van der Waals surface area contributed by atoms with Gasteiger partial charge in [-0.15, -0.1) is 0 Å². The molecule has 2 aromatic rings. The van der Waals surface area contributed by atoms with Crippen molar-refractivity contribution in [2.75, 3.05) is 6.54 Å². The van der Waals surface area contributed by atoms with Crippen LogP contribution in [-0.4, -0.2) is 29.3 Å². The van der Waals surface area contributed by atoms with Crippen molar-refractivity contribution in [3.05, 3.63) is 71.3 Å². The first kappa shape index (κ1) is 20.9. The molecule has 0 aliphatic carbocycles. The summed E-state index contributed by atoms with van der Waals surface area (Å²) in [6, 6.07) is 11.7. The van der Waals surface area contributed by atoms with E-state index < -0.39 is 29.7 Å². The number of carbonyl (C=O) groups is 2. The maximum absolute atomic E-state index is 13.2. The van der Waals surface area contributed by atoms with Crippen LogP contribution in [0.1, 0.15) is 35.6 Å². The van der Waals surface area contributed by atoms with Gasteiger partial charge in [0.05, 0.1) is 11.6 Å². The molecule has 0 aromatic heterocycles. The van der Waals surface area contributed by atoms with Gasteiger partial charge in [0, 0.05) is 6.54 Å². The fourth-order valence-corrected chi connectivity index (χ4v) is 3.57. The smallest absolute Gasteiger partial charge is 0.368 e. The molecule has 2 amide bonds. The molecule has 154 valence electrons. The van der Waals surface area contributed by atoms with Crippen molar-refractivity contribution < 1.29 is 22.8 Å². The first-order chi connectivity index (χ1) is 13.8. The van der Waals surface area contributed by atoms with E-state index in [1.165, 1.54) is 17.0 Å². The number of alkyl halides is 3. The summed E-state index contributed by atoms with van der Waals surface area (Å²) in [5.74, 6) is -1.10. The van der Waals surface area contributed by atoms with Crippen molar-refractivity contribution in [1.82, 2.24) is 10.2 Å². The van der Waals surface area contributed by atoms with Gasteiger partial charge in [-0.25, -0.2) is 0 Å². The largest absolute Gasteiger partial charge is 0.416 e. The third-order valence-electron chi connectivity index (χ3n) is 4.95. The lowest BCUT2D eigenvalue weighted by atomic mass is 10.0. The maximum atomic E-state index is 13.2. The highest BCUT2D eigenvalue weighted by Crippen LogP contribution is 2.31. The average molecular weight is 405 g/mol. The topological polar surface area (TPSA) is 75.4 Å². The summed E-state index contributed by atoms with van der Waals surface area (Å²) in [6.45, 7) is 0.504. The highest BCUT2D eigenvalue weighted by molar-refractivity contribution is 5.90. The number of nitrogens with one attached hydrogen (secondary N) is 1.